The molecule has 3 rings (SSSR count). The summed E-state index contributed by atoms with van der Waals surface area (Å²) in [4.78, 5) is 6.59. The maximum atomic E-state index is 5.94. The number of nitrogens with two attached hydrogens (primary N) is 1. The lowest BCUT2D eigenvalue weighted by Gasteiger charge is -2.31. The molecule has 0 unspecified atom stereocenters. The molecule has 1 fully saturated rings. The average Bonchev–Trinajstić information content (AvgIpc) is 2.92. The van der Waals surface area contributed by atoms with Gasteiger partial charge in [0.25, 0.3) is 0 Å². The lowest BCUT2D eigenvalue weighted by atomic mass is 10.1. The Hall–Kier alpha value is -2.08. The number of piperidine rings is 1. The second-order valence-electron chi connectivity index (χ2n) is 5.51. The van der Waals surface area contributed by atoms with Gasteiger partial charge < -0.3 is 15.4 Å². The van der Waals surface area contributed by atoms with E-state index in [0.29, 0.717) is 12.6 Å². The van der Waals surface area contributed by atoms with Crippen LogP contribution in [0, 0.1) is 0 Å². The summed E-state index contributed by atoms with van der Waals surface area (Å²) < 4.78 is 7.56. The van der Waals surface area contributed by atoms with Crippen molar-refractivity contribution in [3.05, 3.63) is 36.4 Å². The first kappa shape index (κ1) is 13.9. The summed E-state index contributed by atoms with van der Waals surface area (Å²) in [5.74, 6) is 0.784. The predicted molar refractivity (Wildman–Crippen MR) is 81.2 cm³/mol. The highest BCUT2D eigenvalue weighted by Gasteiger charge is 2.16. The van der Waals surface area contributed by atoms with E-state index in [4.69, 9.17) is 10.5 Å². The van der Waals surface area contributed by atoms with Gasteiger partial charge in [0.1, 0.15) is 12.4 Å². The van der Waals surface area contributed by atoms with Crippen molar-refractivity contribution in [2.75, 3.05) is 18.0 Å². The standard InChI is InChI=1S/C15H21N5O/c1-19-10-12(7-18-19)11-21-15-6-14(8-17-9-15)20-4-2-13(16)3-5-20/h6-10,13H,2-5,11,16H2,1H3. The highest BCUT2D eigenvalue weighted by molar-refractivity contribution is 5.48. The van der Waals surface area contributed by atoms with Gasteiger partial charge in [-0.2, -0.15) is 5.10 Å². The van der Waals surface area contributed by atoms with Crippen molar-refractivity contribution < 1.29 is 4.74 Å². The Morgan fingerprint density at radius 2 is 2.10 bits per heavy atom. The molecule has 0 aliphatic carbocycles. The average molecular weight is 287 g/mol. The highest BCUT2D eigenvalue weighted by Crippen LogP contribution is 2.23. The number of hydrogen-bond donors (Lipinski definition) is 1. The molecule has 21 heavy (non-hydrogen) atoms. The zero-order valence-electron chi connectivity index (χ0n) is 12.3. The number of nitrogens with zero attached hydrogens (tertiary/aromatic N) is 4. The molecule has 6 heteroatoms. The molecule has 0 atom stereocenters. The van der Waals surface area contributed by atoms with Gasteiger partial charge in [0.05, 0.1) is 24.3 Å². The first-order valence-corrected chi connectivity index (χ1v) is 7.26. The van der Waals surface area contributed by atoms with Crippen LogP contribution in [0.3, 0.4) is 0 Å². The van der Waals surface area contributed by atoms with Gasteiger partial charge in [0.15, 0.2) is 0 Å². The van der Waals surface area contributed by atoms with Gasteiger partial charge in [0.2, 0.25) is 0 Å². The number of pyridine rings is 1. The molecule has 1 aliphatic heterocycles. The Morgan fingerprint density at radius 3 is 2.81 bits per heavy atom. The quantitative estimate of drug-likeness (QED) is 0.918. The molecule has 1 saturated heterocycles. The molecule has 0 amide bonds. The fourth-order valence-electron chi connectivity index (χ4n) is 2.53. The van der Waals surface area contributed by atoms with Crippen LogP contribution in [0.2, 0.25) is 0 Å². The first-order chi connectivity index (χ1) is 10.2. The Kier molecular flexibility index (Phi) is 4.06. The van der Waals surface area contributed by atoms with Crippen molar-refractivity contribution in [1.29, 1.82) is 0 Å². The molecule has 2 aromatic heterocycles. The summed E-state index contributed by atoms with van der Waals surface area (Å²) in [6, 6.07) is 2.37. The SMILES string of the molecule is Cn1cc(COc2cncc(N3CCC(N)CC3)c2)cn1. The van der Waals surface area contributed by atoms with Crippen LogP contribution in [-0.4, -0.2) is 33.9 Å². The monoisotopic (exact) mass is 287 g/mol. The minimum atomic E-state index is 0.333. The van der Waals surface area contributed by atoms with Crippen molar-refractivity contribution >= 4 is 5.69 Å². The van der Waals surface area contributed by atoms with Gasteiger partial charge in [-0.15, -0.1) is 0 Å². The smallest absolute Gasteiger partial charge is 0.140 e. The van der Waals surface area contributed by atoms with Gasteiger partial charge in [-0.05, 0) is 12.8 Å². The Labute approximate surface area is 124 Å². The number of rotatable bonds is 4. The molecule has 0 aromatic carbocycles. The number of aromatic nitrogens is 3. The summed E-state index contributed by atoms with van der Waals surface area (Å²) in [6.45, 7) is 2.47. The zero-order valence-corrected chi connectivity index (χ0v) is 12.3. The third-order valence-corrected chi connectivity index (χ3v) is 3.77. The van der Waals surface area contributed by atoms with E-state index >= 15 is 0 Å². The van der Waals surface area contributed by atoms with Crippen LogP contribution in [0.25, 0.3) is 0 Å². The molecular weight excluding hydrogens is 266 g/mol. The number of aryl methyl sites for hydroxylation is 1. The first-order valence-electron chi connectivity index (χ1n) is 7.26. The highest BCUT2D eigenvalue weighted by atomic mass is 16.5. The van der Waals surface area contributed by atoms with E-state index in [1.54, 1.807) is 10.9 Å². The van der Waals surface area contributed by atoms with E-state index in [9.17, 15) is 0 Å². The third kappa shape index (κ3) is 3.52. The molecule has 0 spiro atoms. The molecule has 3 heterocycles. The fraction of sp³-hybridized carbons (Fsp3) is 0.467. The maximum absolute atomic E-state index is 5.94. The molecule has 1 aliphatic rings. The van der Waals surface area contributed by atoms with Gasteiger partial charge >= 0.3 is 0 Å². The molecule has 0 bridgehead atoms. The molecular formula is C15H21N5O. The summed E-state index contributed by atoms with van der Waals surface area (Å²) >= 11 is 0. The maximum Gasteiger partial charge on any atom is 0.140 e. The summed E-state index contributed by atoms with van der Waals surface area (Å²) in [7, 11) is 1.90. The van der Waals surface area contributed by atoms with E-state index < -0.39 is 0 Å². The van der Waals surface area contributed by atoms with Crippen molar-refractivity contribution in [2.24, 2.45) is 12.8 Å². The molecule has 6 nitrogen and oxygen atoms in total. The van der Waals surface area contributed by atoms with Crippen LogP contribution in [0.15, 0.2) is 30.9 Å². The van der Waals surface area contributed by atoms with Crippen molar-refractivity contribution in [3.63, 3.8) is 0 Å². The van der Waals surface area contributed by atoms with Gasteiger partial charge in [-0.3, -0.25) is 9.67 Å². The molecule has 0 radical (unpaired) electrons. The minimum absolute atomic E-state index is 0.333. The number of ether oxygens (including phenoxy) is 1. The van der Waals surface area contributed by atoms with Gasteiger partial charge in [0, 0.05) is 44.0 Å². The molecule has 0 saturated carbocycles. The predicted octanol–water partition coefficient (Wildman–Crippen LogP) is 1.32. The van der Waals surface area contributed by atoms with Crippen LogP contribution in [0.5, 0.6) is 5.75 Å². The summed E-state index contributed by atoms with van der Waals surface area (Å²) in [5.41, 5.74) is 8.09. The Bertz CT molecular complexity index is 589. The van der Waals surface area contributed by atoms with Crippen molar-refractivity contribution in [3.8, 4) is 5.75 Å². The molecule has 112 valence electrons. The second-order valence-corrected chi connectivity index (χ2v) is 5.51. The van der Waals surface area contributed by atoms with Crippen molar-refractivity contribution in [1.82, 2.24) is 14.8 Å². The van der Waals surface area contributed by atoms with Crippen LogP contribution in [-0.2, 0) is 13.7 Å². The van der Waals surface area contributed by atoms with E-state index in [2.05, 4.69) is 15.0 Å². The summed E-state index contributed by atoms with van der Waals surface area (Å²) in [6.07, 6.45) is 9.44. The largest absolute Gasteiger partial charge is 0.487 e. The van der Waals surface area contributed by atoms with E-state index in [-0.39, 0.29) is 0 Å². The van der Waals surface area contributed by atoms with E-state index in [1.807, 2.05) is 31.7 Å². The van der Waals surface area contributed by atoms with Crippen LogP contribution < -0.4 is 15.4 Å². The summed E-state index contributed by atoms with van der Waals surface area (Å²) in [5, 5.41) is 4.13. The normalized spacial score (nSPS) is 16.2. The second kappa shape index (κ2) is 6.13. The number of anilines is 1. The van der Waals surface area contributed by atoms with Crippen molar-refractivity contribution in [2.45, 2.75) is 25.5 Å². The van der Waals surface area contributed by atoms with Crippen LogP contribution in [0.1, 0.15) is 18.4 Å². The topological polar surface area (TPSA) is 69.2 Å². The lowest BCUT2D eigenvalue weighted by molar-refractivity contribution is 0.305. The van der Waals surface area contributed by atoms with Gasteiger partial charge in [-0.1, -0.05) is 0 Å². The van der Waals surface area contributed by atoms with Crippen LogP contribution in [0.4, 0.5) is 5.69 Å². The molecule has 2 N–H and O–H groups in total. The molecule has 2 aromatic rings. The zero-order chi connectivity index (χ0) is 14.7. The van der Waals surface area contributed by atoms with Crippen LogP contribution >= 0.6 is 0 Å². The van der Waals surface area contributed by atoms with E-state index in [1.165, 1.54) is 0 Å². The minimum Gasteiger partial charge on any atom is -0.487 e. The van der Waals surface area contributed by atoms with E-state index in [0.717, 1.165) is 42.9 Å². The third-order valence-electron chi connectivity index (χ3n) is 3.77. The lowest BCUT2D eigenvalue weighted by Crippen LogP contribution is -2.39. The fourth-order valence-corrected chi connectivity index (χ4v) is 2.53. The Balaban J connectivity index is 1.63. The Morgan fingerprint density at radius 1 is 1.29 bits per heavy atom. The number of hydrogen-bond acceptors (Lipinski definition) is 5. The van der Waals surface area contributed by atoms with Gasteiger partial charge in [-0.25, -0.2) is 0 Å².